The van der Waals surface area contributed by atoms with Crippen molar-refractivity contribution in [3.05, 3.63) is 40.1 Å². The lowest BCUT2D eigenvalue weighted by atomic mass is 9.64. The minimum atomic E-state index is -1.69. The minimum Gasteiger partial charge on any atom is -0.336 e. The summed E-state index contributed by atoms with van der Waals surface area (Å²) >= 11 is 6.38. The largest absolute Gasteiger partial charge is 0.439 e. The zero-order valence-electron chi connectivity index (χ0n) is 24.0. The van der Waals surface area contributed by atoms with E-state index < -0.39 is 11.4 Å². The van der Waals surface area contributed by atoms with Crippen LogP contribution < -0.4 is 10.7 Å². The Morgan fingerprint density at radius 2 is 1.91 bits per heavy atom. The molecular weight excluding hydrogens is 575 g/mol. The number of imidazole rings is 1. The third kappa shape index (κ3) is 4.20. The van der Waals surface area contributed by atoms with Gasteiger partial charge in [-0.25, -0.2) is 19.2 Å². The van der Waals surface area contributed by atoms with Gasteiger partial charge in [0, 0.05) is 49.0 Å². The van der Waals surface area contributed by atoms with Crippen LogP contribution in [0.15, 0.2) is 33.8 Å². The Labute approximate surface area is 251 Å². The molecule has 0 unspecified atom stereocenters. The lowest BCUT2D eigenvalue weighted by Crippen LogP contribution is -2.68. The minimum absolute atomic E-state index is 0.00923. The summed E-state index contributed by atoms with van der Waals surface area (Å²) in [5.74, 6) is 0.593. The average molecular weight is 607 g/mol. The molecule has 3 fully saturated rings. The second-order valence-electron chi connectivity index (χ2n) is 13.0. The number of nitrogens with one attached hydrogen (secondary N) is 1. The van der Waals surface area contributed by atoms with Crippen LogP contribution in [-0.2, 0) is 11.3 Å². The number of hydrogen-bond donors (Lipinski definition) is 1. The van der Waals surface area contributed by atoms with Crippen LogP contribution in [0, 0.1) is 11.3 Å². The quantitative estimate of drug-likeness (QED) is 0.358. The smallest absolute Gasteiger partial charge is 0.336 e. The van der Waals surface area contributed by atoms with Crippen LogP contribution in [-0.4, -0.2) is 71.3 Å². The van der Waals surface area contributed by atoms with Gasteiger partial charge >= 0.3 is 5.76 Å². The van der Waals surface area contributed by atoms with E-state index in [4.69, 9.17) is 26.1 Å². The zero-order chi connectivity index (χ0) is 29.7. The van der Waals surface area contributed by atoms with Crippen LogP contribution in [0.1, 0.15) is 52.4 Å². The highest BCUT2D eigenvalue weighted by atomic mass is 35.5. The number of amides is 1. The summed E-state index contributed by atoms with van der Waals surface area (Å²) in [6, 6.07) is 3.56. The molecule has 2 aliphatic carbocycles. The number of H-pyrrole nitrogens is 1. The van der Waals surface area contributed by atoms with E-state index in [9.17, 15) is 9.59 Å². The average Bonchev–Trinajstić information content (AvgIpc) is 3.42. The highest BCUT2D eigenvalue weighted by Gasteiger charge is 2.57. The summed E-state index contributed by atoms with van der Waals surface area (Å²) in [5.41, 5.74) is 1.44. The van der Waals surface area contributed by atoms with Gasteiger partial charge in [-0.15, -0.1) is 0 Å². The molecule has 13 heteroatoms. The third-order valence-electron chi connectivity index (χ3n) is 10.1. The number of aromatic nitrogens is 6. The number of alkyl halides is 1. The van der Waals surface area contributed by atoms with Gasteiger partial charge in [0.1, 0.15) is 5.69 Å². The van der Waals surface area contributed by atoms with Gasteiger partial charge in [-0.2, -0.15) is 0 Å². The van der Waals surface area contributed by atoms with Gasteiger partial charge in [-0.3, -0.25) is 19.3 Å². The molecule has 0 radical (unpaired) electrons. The van der Waals surface area contributed by atoms with E-state index in [-0.39, 0.29) is 29.2 Å². The Morgan fingerprint density at radius 3 is 2.60 bits per heavy atom. The third-order valence-corrected chi connectivity index (χ3v) is 10.3. The van der Waals surface area contributed by atoms with E-state index in [0.717, 1.165) is 37.1 Å². The van der Waals surface area contributed by atoms with Gasteiger partial charge in [0.15, 0.2) is 5.67 Å². The van der Waals surface area contributed by atoms with Gasteiger partial charge in [-0.05, 0) is 50.7 Å². The van der Waals surface area contributed by atoms with Crippen molar-refractivity contribution in [3.63, 3.8) is 0 Å². The lowest BCUT2D eigenvalue weighted by Gasteiger charge is -2.58. The molecule has 224 valence electrons. The molecule has 4 aromatic heterocycles. The maximum Gasteiger partial charge on any atom is 0.439 e. The van der Waals surface area contributed by atoms with Crippen molar-refractivity contribution in [2.75, 3.05) is 18.0 Å². The number of hydrogen-bond acceptors (Lipinski definition) is 8. The fourth-order valence-corrected chi connectivity index (χ4v) is 7.80. The van der Waals surface area contributed by atoms with E-state index in [1.54, 1.807) is 17.3 Å². The molecule has 2 atom stereocenters. The number of anilines is 1. The topological polar surface area (TPSA) is 126 Å². The van der Waals surface area contributed by atoms with Crippen LogP contribution in [0.25, 0.3) is 33.8 Å². The zero-order valence-corrected chi connectivity index (χ0v) is 24.8. The molecule has 1 amide bonds. The summed E-state index contributed by atoms with van der Waals surface area (Å²) in [4.78, 5) is 46.3. The Kier molecular flexibility index (Phi) is 5.83. The molecule has 1 N–H and O–H groups in total. The lowest BCUT2D eigenvalue weighted by molar-refractivity contribution is -0.140. The molecule has 1 saturated heterocycles. The molecule has 2 aliphatic heterocycles. The summed E-state index contributed by atoms with van der Waals surface area (Å²) in [6.07, 6.45) is 8.11. The molecule has 4 aromatic rings. The van der Waals surface area contributed by atoms with Crippen LogP contribution in [0.5, 0.6) is 0 Å². The monoisotopic (exact) mass is 606 g/mol. The standard InChI is InChI=1S/C30H32ClFN8O3/c1-16-3-5-29(6-4-16)15-39-24-20(35-27(39)40-17(2)13-38(14-22(29)40)26(41)30(32)7-8-30)10-21(25-36-28(42)43-37-25)34-23(24)18-9-19(31)12-33-11-18/h9-12,16-17,22H,3-8,13-15H2,1-2H3,(H,36,37,42)/t16-,17-,22+,29+/m1/s1. The van der Waals surface area contributed by atoms with Crippen molar-refractivity contribution in [1.82, 2.24) is 34.6 Å². The SMILES string of the molecule is C[C@@H]1CN(C(=O)C2(F)CC2)C[C@@H]2N1c1nc3cc(-c4noc(=O)[nH]4)nc(-c4cncc(Cl)c4)c3n1C[C@]21CC[C@H](C)CC1. The number of carbonyl (C=O) groups excluding carboxylic acids is 1. The fourth-order valence-electron chi connectivity index (χ4n) is 7.63. The van der Waals surface area contributed by atoms with Gasteiger partial charge in [0.05, 0.1) is 27.8 Å². The maximum atomic E-state index is 15.0. The normalized spacial score (nSPS) is 27.8. The summed E-state index contributed by atoms with van der Waals surface area (Å²) in [7, 11) is 0. The van der Waals surface area contributed by atoms with Gasteiger partial charge in [-0.1, -0.05) is 36.5 Å². The fraction of sp³-hybridized carbons (Fsp3) is 0.533. The van der Waals surface area contributed by atoms with Gasteiger partial charge < -0.3 is 14.4 Å². The molecule has 0 bridgehead atoms. The first-order valence-electron chi connectivity index (χ1n) is 15.0. The maximum absolute atomic E-state index is 15.0. The van der Waals surface area contributed by atoms with Crippen molar-refractivity contribution in [2.45, 2.75) is 76.7 Å². The second kappa shape index (κ2) is 9.35. The molecule has 8 rings (SSSR count). The van der Waals surface area contributed by atoms with Gasteiger partial charge in [0.25, 0.3) is 5.91 Å². The molecule has 2 saturated carbocycles. The molecule has 6 heterocycles. The van der Waals surface area contributed by atoms with Crippen molar-refractivity contribution in [3.8, 4) is 22.8 Å². The molecule has 4 aliphatic rings. The number of nitrogens with zero attached hydrogens (tertiary/aromatic N) is 7. The van der Waals surface area contributed by atoms with Crippen LogP contribution in [0.2, 0.25) is 5.02 Å². The van der Waals surface area contributed by atoms with E-state index in [1.807, 2.05) is 12.1 Å². The Balaban J connectivity index is 1.33. The Hall–Kier alpha value is -3.80. The van der Waals surface area contributed by atoms with Crippen LogP contribution >= 0.6 is 11.6 Å². The molecule has 11 nitrogen and oxygen atoms in total. The number of aromatic amines is 1. The van der Waals surface area contributed by atoms with Crippen molar-refractivity contribution in [1.29, 1.82) is 0 Å². The van der Waals surface area contributed by atoms with E-state index >= 15 is 4.39 Å². The van der Waals surface area contributed by atoms with Crippen molar-refractivity contribution in [2.24, 2.45) is 11.3 Å². The first kappa shape index (κ1) is 26.8. The number of halogens is 2. The van der Waals surface area contributed by atoms with Crippen molar-refractivity contribution < 1.29 is 13.7 Å². The predicted octanol–water partition coefficient (Wildman–Crippen LogP) is 4.61. The highest BCUT2D eigenvalue weighted by Crippen LogP contribution is 2.52. The number of piperazine rings is 1. The number of carbonyl (C=O) groups is 1. The Bertz CT molecular complexity index is 1820. The molecule has 0 aromatic carbocycles. The molecular formula is C30H32ClFN8O3. The first-order valence-corrected chi connectivity index (χ1v) is 15.4. The summed E-state index contributed by atoms with van der Waals surface area (Å²) < 4.78 is 22.1. The highest BCUT2D eigenvalue weighted by molar-refractivity contribution is 6.30. The number of pyridine rings is 2. The molecule has 1 spiro atoms. The van der Waals surface area contributed by atoms with E-state index in [2.05, 4.69) is 38.4 Å². The van der Waals surface area contributed by atoms with Gasteiger partial charge in [0.2, 0.25) is 11.8 Å². The van der Waals surface area contributed by atoms with Crippen LogP contribution in [0.4, 0.5) is 10.3 Å². The number of rotatable bonds is 3. The van der Waals surface area contributed by atoms with Crippen molar-refractivity contribution >= 4 is 34.5 Å². The summed E-state index contributed by atoms with van der Waals surface area (Å²) in [6.45, 7) is 6.02. The first-order chi connectivity index (χ1) is 20.6. The molecule has 43 heavy (non-hydrogen) atoms. The number of fused-ring (bicyclic) bond motifs is 6. The van der Waals surface area contributed by atoms with Crippen LogP contribution in [0.3, 0.4) is 0 Å². The van der Waals surface area contributed by atoms with E-state index in [1.165, 1.54) is 0 Å². The predicted molar refractivity (Wildman–Crippen MR) is 157 cm³/mol. The van der Waals surface area contributed by atoms with E-state index in [0.29, 0.717) is 65.9 Å². The summed E-state index contributed by atoms with van der Waals surface area (Å²) in [5, 5.41) is 4.34. The Morgan fingerprint density at radius 1 is 1.12 bits per heavy atom. The second-order valence-corrected chi connectivity index (χ2v) is 13.5.